The van der Waals surface area contributed by atoms with Gasteiger partial charge in [0.2, 0.25) is 5.91 Å². The number of fused-ring (bicyclic) bond motifs is 2. The number of carbonyl (C=O) groups excluding carboxylic acids is 1. The number of anilines is 1. The van der Waals surface area contributed by atoms with Crippen LogP contribution in [0.5, 0.6) is 5.75 Å². The number of likely N-dealkylation sites (N-methyl/N-ethyl adjacent to an activating group) is 1. The molecule has 7 heteroatoms. The van der Waals surface area contributed by atoms with E-state index in [-0.39, 0.29) is 18.3 Å². The van der Waals surface area contributed by atoms with E-state index < -0.39 is 0 Å². The van der Waals surface area contributed by atoms with Crippen LogP contribution in [-0.4, -0.2) is 48.6 Å². The van der Waals surface area contributed by atoms with Crippen molar-refractivity contribution in [2.75, 3.05) is 37.7 Å². The van der Waals surface area contributed by atoms with Crippen molar-refractivity contribution < 1.29 is 9.53 Å². The number of rotatable bonds is 10. The molecule has 1 heterocycles. The van der Waals surface area contributed by atoms with Crippen LogP contribution in [-0.2, 0) is 11.2 Å². The van der Waals surface area contributed by atoms with Crippen LogP contribution in [0.3, 0.4) is 0 Å². The first-order valence-electron chi connectivity index (χ1n) is 11.7. The molecule has 180 valence electrons. The van der Waals surface area contributed by atoms with Gasteiger partial charge in [-0.2, -0.15) is 0 Å². The number of thiazole rings is 1. The summed E-state index contributed by atoms with van der Waals surface area (Å²) < 4.78 is 6.68. The fourth-order valence-corrected chi connectivity index (χ4v) is 5.12. The van der Waals surface area contributed by atoms with Crippen LogP contribution in [0, 0.1) is 0 Å². The molecule has 0 spiro atoms. The maximum atomic E-state index is 13.6. The number of carbonyl (C=O) groups is 1. The summed E-state index contributed by atoms with van der Waals surface area (Å²) in [6.07, 6.45) is 0.347. The van der Waals surface area contributed by atoms with Gasteiger partial charge in [0.05, 0.1) is 23.2 Å². The maximum absolute atomic E-state index is 13.6. The molecule has 0 aliphatic heterocycles. The van der Waals surface area contributed by atoms with Crippen molar-refractivity contribution in [3.8, 4) is 5.75 Å². The fraction of sp³-hybridized carbons (Fsp3) is 0.333. The zero-order chi connectivity index (χ0) is 23.2. The highest BCUT2D eigenvalue weighted by molar-refractivity contribution is 7.22. The molecular formula is C27H32ClN3O2S. The van der Waals surface area contributed by atoms with Crippen LogP contribution >= 0.6 is 23.7 Å². The molecule has 0 aliphatic carbocycles. The highest BCUT2D eigenvalue weighted by Gasteiger charge is 2.21. The number of hydrogen-bond acceptors (Lipinski definition) is 5. The molecule has 0 unspecified atom stereocenters. The molecule has 0 fully saturated rings. The van der Waals surface area contributed by atoms with Gasteiger partial charge in [-0.3, -0.25) is 9.69 Å². The average molecular weight is 498 g/mol. The fourth-order valence-electron chi connectivity index (χ4n) is 4.08. The summed E-state index contributed by atoms with van der Waals surface area (Å²) >= 11 is 1.55. The Hall–Kier alpha value is -2.67. The van der Waals surface area contributed by atoms with Gasteiger partial charge in [-0.05, 0) is 54.5 Å². The van der Waals surface area contributed by atoms with Crippen LogP contribution in [0.25, 0.3) is 21.0 Å². The summed E-state index contributed by atoms with van der Waals surface area (Å²) in [5, 5.41) is 3.03. The number of hydrogen-bond donors (Lipinski definition) is 0. The van der Waals surface area contributed by atoms with E-state index >= 15 is 0 Å². The standard InChI is InChI=1S/C27H31N3O2S.ClH/c1-4-29(5-2)16-17-30(27-28-24-15-14-22(32-6-3)19-25(24)33-27)26(31)18-21-12-9-11-20-10-7-8-13-23(20)21;/h7-15,19H,4-6,16-18H2,1-3H3;1H. The van der Waals surface area contributed by atoms with Gasteiger partial charge >= 0.3 is 0 Å². The van der Waals surface area contributed by atoms with Gasteiger partial charge < -0.3 is 9.64 Å². The van der Waals surface area contributed by atoms with Gasteiger partial charge in [0, 0.05) is 13.1 Å². The normalized spacial score (nSPS) is 11.1. The first kappa shape index (κ1) is 25.9. The molecule has 0 saturated carbocycles. The molecule has 0 aliphatic rings. The van der Waals surface area contributed by atoms with Gasteiger partial charge in [-0.25, -0.2) is 4.98 Å². The zero-order valence-electron chi connectivity index (χ0n) is 20.0. The Kier molecular flexibility index (Phi) is 9.28. The summed E-state index contributed by atoms with van der Waals surface area (Å²) in [4.78, 5) is 22.7. The molecule has 0 N–H and O–H groups in total. The van der Waals surface area contributed by atoms with Crippen LogP contribution in [0.1, 0.15) is 26.3 Å². The molecule has 1 amide bonds. The Morgan fingerprint density at radius 2 is 1.74 bits per heavy atom. The zero-order valence-corrected chi connectivity index (χ0v) is 21.6. The lowest BCUT2D eigenvalue weighted by Gasteiger charge is -2.25. The van der Waals surface area contributed by atoms with Gasteiger partial charge in [-0.1, -0.05) is 67.6 Å². The smallest absolute Gasteiger partial charge is 0.233 e. The van der Waals surface area contributed by atoms with E-state index in [9.17, 15) is 4.79 Å². The third kappa shape index (κ3) is 5.87. The number of benzene rings is 3. The van der Waals surface area contributed by atoms with E-state index in [1.165, 1.54) is 0 Å². The van der Waals surface area contributed by atoms with Crippen molar-refractivity contribution in [2.45, 2.75) is 27.2 Å². The molecule has 1 aromatic heterocycles. The molecule has 3 aromatic carbocycles. The van der Waals surface area contributed by atoms with Crippen molar-refractivity contribution in [3.63, 3.8) is 0 Å². The van der Waals surface area contributed by atoms with Crippen molar-refractivity contribution in [1.29, 1.82) is 0 Å². The minimum atomic E-state index is 0. The summed E-state index contributed by atoms with van der Waals surface area (Å²) in [6, 6.07) is 20.3. The lowest BCUT2D eigenvalue weighted by Crippen LogP contribution is -2.39. The monoisotopic (exact) mass is 497 g/mol. The minimum absolute atomic E-state index is 0. The average Bonchev–Trinajstić information content (AvgIpc) is 3.25. The summed E-state index contributed by atoms with van der Waals surface area (Å²) in [6.45, 7) is 10.2. The lowest BCUT2D eigenvalue weighted by atomic mass is 10.0. The largest absolute Gasteiger partial charge is 0.494 e. The van der Waals surface area contributed by atoms with Crippen LogP contribution in [0.2, 0.25) is 0 Å². The second kappa shape index (κ2) is 12.2. The Balaban J connectivity index is 0.00000324. The van der Waals surface area contributed by atoms with Crippen molar-refractivity contribution in [2.24, 2.45) is 0 Å². The second-order valence-corrected chi connectivity index (χ2v) is 8.96. The molecule has 34 heavy (non-hydrogen) atoms. The Morgan fingerprint density at radius 1 is 0.971 bits per heavy atom. The van der Waals surface area contributed by atoms with Crippen LogP contribution in [0.4, 0.5) is 5.13 Å². The van der Waals surface area contributed by atoms with Gasteiger partial charge in [0.15, 0.2) is 5.13 Å². The summed E-state index contributed by atoms with van der Waals surface area (Å²) in [5.74, 6) is 0.902. The second-order valence-electron chi connectivity index (χ2n) is 7.95. The van der Waals surface area contributed by atoms with E-state index in [1.807, 2.05) is 48.2 Å². The minimum Gasteiger partial charge on any atom is -0.494 e. The molecule has 0 atom stereocenters. The molecular weight excluding hydrogens is 466 g/mol. The predicted octanol–water partition coefficient (Wildman–Crippen LogP) is 6.19. The van der Waals surface area contributed by atoms with Crippen molar-refractivity contribution in [1.82, 2.24) is 9.88 Å². The van der Waals surface area contributed by atoms with Gasteiger partial charge in [-0.15, -0.1) is 12.4 Å². The highest BCUT2D eigenvalue weighted by Crippen LogP contribution is 2.32. The lowest BCUT2D eigenvalue weighted by molar-refractivity contribution is -0.118. The first-order chi connectivity index (χ1) is 16.1. The SMILES string of the molecule is CCOc1ccc2nc(N(CCN(CC)CC)C(=O)Cc3cccc4ccccc34)sc2c1.Cl. The summed E-state index contributed by atoms with van der Waals surface area (Å²) in [7, 11) is 0. The third-order valence-electron chi connectivity index (χ3n) is 5.95. The molecule has 0 radical (unpaired) electrons. The molecule has 5 nitrogen and oxygen atoms in total. The van der Waals surface area contributed by atoms with E-state index in [1.54, 1.807) is 11.3 Å². The number of halogens is 1. The van der Waals surface area contributed by atoms with Gasteiger partial charge in [0.25, 0.3) is 0 Å². The molecule has 0 saturated heterocycles. The van der Waals surface area contributed by atoms with Gasteiger partial charge in [0.1, 0.15) is 5.75 Å². The third-order valence-corrected chi connectivity index (χ3v) is 6.99. The van der Waals surface area contributed by atoms with E-state index in [4.69, 9.17) is 9.72 Å². The van der Waals surface area contributed by atoms with E-state index in [2.05, 4.69) is 43.0 Å². The van der Waals surface area contributed by atoms with Crippen molar-refractivity contribution >= 4 is 55.8 Å². The van der Waals surface area contributed by atoms with Crippen molar-refractivity contribution in [3.05, 3.63) is 66.2 Å². The molecule has 0 bridgehead atoms. The topological polar surface area (TPSA) is 45.7 Å². The number of ether oxygens (including phenoxy) is 1. The van der Waals surface area contributed by atoms with E-state index in [0.29, 0.717) is 19.6 Å². The highest BCUT2D eigenvalue weighted by atomic mass is 35.5. The Morgan fingerprint density at radius 3 is 2.50 bits per heavy atom. The maximum Gasteiger partial charge on any atom is 0.233 e. The Bertz CT molecular complexity index is 1230. The molecule has 4 rings (SSSR count). The van der Waals surface area contributed by atoms with Crippen LogP contribution in [0.15, 0.2) is 60.7 Å². The van der Waals surface area contributed by atoms with E-state index in [0.717, 1.165) is 57.1 Å². The van der Waals surface area contributed by atoms with Crippen LogP contribution < -0.4 is 9.64 Å². The quantitative estimate of drug-likeness (QED) is 0.262. The molecule has 4 aromatic rings. The predicted molar refractivity (Wildman–Crippen MR) is 146 cm³/mol. The number of amides is 1. The Labute approximate surface area is 211 Å². The summed E-state index contributed by atoms with van der Waals surface area (Å²) in [5.41, 5.74) is 1.94. The first-order valence-corrected chi connectivity index (χ1v) is 12.5. The number of nitrogens with zero attached hydrogens (tertiary/aromatic N) is 3. The number of aromatic nitrogens is 1.